The van der Waals surface area contributed by atoms with Gasteiger partial charge in [-0.05, 0) is 57.3 Å². The fourth-order valence-electron chi connectivity index (χ4n) is 9.06. The molecule has 2 saturated carbocycles. The van der Waals surface area contributed by atoms with E-state index in [0.29, 0.717) is 57.2 Å². The van der Waals surface area contributed by atoms with Gasteiger partial charge in [0.1, 0.15) is 17.6 Å². The molecule has 8 atom stereocenters. The Labute approximate surface area is 338 Å². The zero-order valence-electron chi connectivity index (χ0n) is 32.6. The van der Waals surface area contributed by atoms with Gasteiger partial charge < -0.3 is 26.0 Å². The zero-order valence-corrected chi connectivity index (χ0v) is 34.3. The number of nitrogens with zero attached hydrogens (tertiary/aromatic N) is 2. The van der Waals surface area contributed by atoms with Crippen molar-refractivity contribution in [2.24, 2.45) is 23.7 Å². The SMILES string of the molecule is CS(=O)(=O)N1CCC(C(=O)N[C@@H](COCCCC(=O)NCCNC2CCC3C(=O)N(C4CCC(=O)NC4=O)C(=O)C3C2)C(=O)NC2NC(C3CCCCC3)CS2)C1. The Kier molecular flexibility index (Phi) is 15.0. The average molecular weight is 839 g/mol. The highest BCUT2D eigenvalue weighted by molar-refractivity contribution is 8.00. The number of fused-ring (bicyclic) bond motifs is 1. The van der Waals surface area contributed by atoms with Crippen molar-refractivity contribution in [2.45, 2.75) is 113 Å². The van der Waals surface area contributed by atoms with Gasteiger partial charge in [-0.2, -0.15) is 0 Å². The Hall–Kier alpha value is -3.17. The number of nitrogens with one attached hydrogen (secondary N) is 6. The van der Waals surface area contributed by atoms with Gasteiger partial charge in [0.25, 0.3) is 0 Å². The molecule has 6 fully saturated rings. The minimum atomic E-state index is -3.44. The third kappa shape index (κ3) is 11.3. The molecule has 2 aliphatic carbocycles. The van der Waals surface area contributed by atoms with E-state index >= 15 is 0 Å². The van der Waals surface area contributed by atoms with Crippen LogP contribution in [0.4, 0.5) is 0 Å². The minimum absolute atomic E-state index is 0.0331. The largest absolute Gasteiger partial charge is 0.379 e. The third-order valence-corrected chi connectivity index (χ3v) is 14.7. The molecule has 0 aromatic heterocycles. The summed E-state index contributed by atoms with van der Waals surface area (Å²) in [5, 5.41) is 17.8. The van der Waals surface area contributed by atoms with Gasteiger partial charge in [-0.15, -0.1) is 11.8 Å². The summed E-state index contributed by atoms with van der Waals surface area (Å²) in [6, 6.07) is -1.67. The fraction of sp³-hybridized carbons (Fsp3) is 0.811. The Morgan fingerprint density at radius 1 is 0.965 bits per heavy atom. The topological polar surface area (TPSA) is 242 Å². The van der Waals surface area contributed by atoms with Crippen LogP contribution < -0.4 is 31.9 Å². The molecule has 4 aliphatic heterocycles. The summed E-state index contributed by atoms with van der Waals surface area (Å²) in [4.78, 5) is 90.5. The summed E-state index contributed by atoms with van der Waals surface area (Å²) in [7, 11) is -3.44. The van der Waals surface area contributed by atoms with E-state index in [4.69, 9.17) is 4.74 Å². The van der Waals surface area contributed by atoms with E-state index in [2.05, 4.69) is 31.9 Å². The van der Waals surface area contributed by atoms with E-state index in [1.54, 1.807) is 11.8 Å². The number of amides is 7. The van der Waals surface area contributed by atoms with Crippen LogP contribution in [0.1, 0.15) is 83.5 Å². The molecule has 0 aromatic carbocycles. The predicted molar refractivity (Wildman–Crippen MR) is 208 cm³/mol. The molecule has 6 N–H and O–H groups in total. The van der Waals surface area contributed by atoms with Crippen molar-refractivity contribution < 1.29 is 46.7 Å². The molecule has 7 amide bonds. The number of likely N-dealkylation sites (tertiary alicyclic amines) is 1. The lowest BCUT2D eigenvalue weighted by Crippen LogP contribution is -2.55. The molecule has 0 aromatic rings. The highest BCUT2D eigenvalue weighted by atomic mass is 32.2. The van der Waals surface area contributed by atoms with E-state index in [0.717, 1.165) is 16.9 Å². The Balaban J connectivity index is 0.890. The van der Waals surface area contributed by atoms with Gasteiger partial charge in [-0.3, -0.25) is 49.1 Å². The molecule has 4 heterocycles. The quantitative estimate of drug-likeness (QED) is 0.0755. The number of thioether (sulfide) groups is 1. The van der Waals surface area contributed by atoms with E-state index in [1.807, 2.05) is 0 Å². The van der Waals surface area contributed by atoms with Crippen LogP contribution in [-0.2, 0) is 48.3 Å². The van der Waals surface area contributed by atoms with Crippen molar-refractivity contribution in [3.8, 4) is 0 Å². The van der Waals surface area contributed by atoms with Gasteiger partial charge in [-0.1, -0.05) is 19.3 Å². The molecular weight excluding hydrogens is 781 g/mol. The lowest BCUT2D eigenvalue weighted by molar-refractivity contribution is -0.151. The lowest BCUT2D eigenvalue weighted by atomic mass is 9.78. The van der Waals surface area contributed by atoms with Crippen LogP contribution in [0.3, 0.4) is 0 Å². The summed E-state index contributed by atoms with van der Waals surface area (Å²) < 4.78 is 31.1. The molecule has 20 heteroatoms. The normalized spacial score (nSPS) is 30.5. The van der Waals surface area contributed by atoms with E-state index in [9.17, 15) is 42.0 Å². The first-order valence-electron chi connectivity index (χ1n) is 20.5. The first-order chi connectivity index (χ1) is 27.3. The van der Waals surface area contributed by atoms with E-state index in [1.165, 1.54) is 36.4 Å². The van der Waals surface area contributed by atoms with Crippen molar-refractivity contribution in [3.63, 3.8) is 0 Å². The zero-order chi connectivity index (χ0) is 40.7. The molecule has 57 heavy (non-hydrogen) atoms. The van der Waals surface area contributed by atoms with Crippen molar-refractivity contribution in [1.82, 2.24) is 41.1 Å². The van der Waals surface area contributed by atoms with Gasteiger partial charge in [0.05, 0.1) is 30.6 Å². The molecule has 0 bridgehead atoms. The minimum Gasteiger partial charge on any atom is -0.379 e. The predicted octanol–water partition coefficient (Wildman–Crippen LogP) is -1.10. The highest BCUT2D eigenvalue weighted by Gasteiger charge is 2.54. The van der Waals surface area contributed by atoms with Crippen LogP contribution in [0.5, 0.6) is 0 Å². The van der Waals surface area contributed by atoms with E-state index in [-0.39, 0.29) is 74.8 Å². The summed E-state index contributed by atoms with van der Waals surface area (Å²) in [5.74, 6) is -2.80. The van der Waals surface area contributed by atoms with Gasteiger partial charge in [0.2, 0.25) is 51.4 Å². The number of carbonyl (C=O) groups excluding carboxylic acids is 7. The molecule has 7 unspecified atom stereocenters. The molecule has 318 valence electrons. The first kappa shape index (κ1) is 43.4. The van der Waals surface area contributed by atoms with E-state index < -0.39 is 63.5 Å². The molecule has 4 saturated heterocycles. The Bertz CT molecular complexity index is 1640. The first-order valence-corrected chi connectivity index (χ1v) is 23.4. The maximum atomic E-state index is 13.5. The third-order valence-electron chi connectivity index (χ3n) is 12.3. The molecule has 0 spiro atoms. The van der Waals surface area contributed by atoms with Crippen LogP contribution in [0, 0.1) is 23.7 Å². The number of rotatable bonds is 17. The second-order valence-corrected chi connectivity index (χ2v) is 19.4. The molecular formula is C37H58N8O10S2. The van der Waals surface area contributed by atoms with Crippen LogP contribution in [-0.4, -0.2) is 140 Å². The summed E-state index contributed by atoms with van der Waals surface area (Å²) in [6.07, 6.45) is 9.93. The Morgan fingerprint density at radius 3 is 2.47 bits per heavy atom. The van der Waals surface area contributed by atoms with Gasteiger partial charge in [-0.25, -0.2) is 12.7 Å². The number of carbonyl (C=O) groups is 7. The van der Waals surface area contributed by atoms with Crippen LogP contribution in [0.2, 0.25) is 0 Å². The van der Waals surface area contributed by atoms with Gasteiger partial charge >= 0.3 is 0 Å². The van der Waals surface area contributed by atoms with Crippen LogP contribution in [0.25, 0.3) is 0 Å². The van der Waals surface area contributed by atoms with Crippen molar-refractivity contribution in [3.05, 3.63) is 0 Å². The van der Waals surface area contributed by atoms with Crippen molar-refractivity contribution in [2.75, 3.05) is 51.4 Å². The summed E-state index contributed by atoms with van der Waals surface area (Å²) in [5.41, 5.74) is -0.297. The number of hydrogen-bond acceptors (Lipinski definition) is 13. The second-order valence-electron chi connectivity index (χ2n) is 16.3. The number of ether oxygens (including phenoxy) is 1. The lowest BCUT2D eigenvalue weighted by Gasteiger charge is -2.29. The number of hydrogen-bond donors (Lipinski definition) is 6. The van der Waals surface area contributed by atoms with Crippen molar-refractivity contribution in [1.29, 1.82) is 0 Å². The second kappa shape index (κ2) is 19.7. The van der Waals surface area contributed by atoms with Crippen LogP contribution >= 0.6 is 11.8 Å². The van der Waals surface area contributed by atoms with Crippen molar-refractivity contribution >= 4 is 63.1 Å². The molecule has 18 nitrogen and oxygen atoms in total. The maximum Gasteiger partial charge on any atom is 0.249 e. The average Bonchev–Trinajstić information content (AvgIpc) is 3.93. The number of sulfonamides is 1. The maximum absolute atomic E-state index is 13.5. The standard InChI is InChI=1S/C37H58N8O10S2/c1-57(53,54)44-16-13-23(19-44)32(48)40-27(33(49)43-37-41-28(21-56-37)22-6-3-2-4-7-22)20-55-17-5-8-30(46)39-15-14-38-24-9-10-25-26(18-24)36(52)45(35(25)51)29-11-12-31(47)42-34(29)50/h22-29,37-38,41H,2-21H2,1H3,(H,39,46)(H,40,48)(H,43,49)(H,42,47,50)/t23?,24?,25?,26?,27-,28?,29?,37?/m0/s1. The summed E-state index contributed by atoms with van der Waals surface area (Å²) >= 11 is 1.63. The van der Waals surface area contributed by atoms with Crippen LogP contribution in [0.15, 0.2) is 0 Å². The van der Waals surface area contributed by atoms with Gasteiger partial charge in [0, 0.05) is 63.5 Å². The van der Waals surface area contributed by atoms with Gasteiger partial charge in [0.15, 0.2) is 0 Å². The fourth-order valence-corrected chi connectivity index (χ4v) is 11.2. The Morgan fingerprint density at radius 2 is 1.74 bits per heavy atom. The molecule has 6 rings (SSSR count). The summed E-state index contributed by atoms with van der Waals surface area (Å²) in [6.45, 7) is 1.16. The highest BCUT2D eigenvalue weighted by Crippen LogP contribution is 2.40. The number of piperidine rings is 1. The number of imide groups is 2. The smallest absolute Gasteiger partial charge is 0.249 e. The molecule has 6 aliphatic rings. The monoisotopic (exact) mass is 838 g/mol. The molecule has 0 radical (unpaired) electrons.